The zero-order valence-electron chi connectivity index (χ0n) is 14.9. The van der Waals surface area contributed by atoms with Gasteiger partial charge in [0, 0.05) is 36.1 Å². The average Bonchev–Trinajstić information content (AvgIpc) is 3.19. The number of nitrogens with one attached hydrogen (secondary N) is 1. The summed E-state index contributed by atoms with van der Waals surface area (Å²) in [6.07, 6.45) is 3.72. The van der Waals surface area contributed by atoms with E-state index in [1.807, 2.05) is 66.7 Å². The standard InChI is InChI=1S/C19H23N5O/c1-4-23-12-17(11-21-23)10-20-19(25)18-7-5-6-16(9-18)13-24-15(3)8-14(2)22-24/h5-9,11-12H,4,10,13H2,1-3H3,(H,20,25). The van der Waals surface area contributed by atoms with E-state index >= 15 is 0 Å². The molecule has 0 bridgehead atoms. The highest BCUT2D eigenvalue weighted by Gasteiger charge is 2.08. The molecule has 2 aromatic heterocycles. The third-order valence-corrected chi connectivity index (χ3v) is 4.09. The summed E-state index contributed by atoms with van der Waals surface area (Å²) in [5.41, 5.74) is 4.81. The minimum absolute atomic E-state index is 0.0838. The molecule has 0 unspecified atom stereocenters. The Morgan fingerprint density at radius 1 is 1.20 bits per heavy atom. The lowest BCUT2D eigenvalue weighted by molar-refractivity contribution is 0.0951. The second kappa shape index (κ2) is 7.34. The van der Waals surface area contributed by atoms with Gasteiger partial charge in [-0.3, -0.25) is 14.2 Å². The van der Waals surface area contributed by atoms with Crippen molar-refractivity contribution < 1.29 is 4.79 Å². The van der Waals surface area contributed by atoms with Crippen LogP contribution in [0.5, 0.6) is 0 Å². The Balaban J connectivity index is 1.65. The minimum atomic E-state index is -0.0838. The highest BCUT2D eigenvalue weighted by molar-refractivity contribution is 5.94. The highest BCUT2D eigenvalue weighted by atomic mass is 16.1. The lowest BCUT2D eigenvalue weighted by Crippen LogP contribution is -2.22. The molecule has 6 heteroatoms. The fourth-order valence-corrected chi connectivity index (χ4v) is 2.77. The maximum absolute atomic E-state index is 12.4. The summed E-state index contributed by atoms with van der Waals surface area (Å²) >= 11 is 0. The normalized spacial score (nSPS) is 10.8. The molecule has 1 aromatic carbocycles. The van der Waals surface area contributed by atoms with E-state index in [2.05, 4.69) is 15.5 Å². The number of carbonyl (C=O) groups is 1. The Bertz CT molecular complexity index is 878. The van der Waals surface area contributed by atoms with Crippen molar-refractivity contribution in [2.45, 2.75) is 40.4 Å². The van der Waals surface area contributed by atoms with Crippen LogP contribution in [0.3, 0.4) is 0 Å². The summed E-state index contributed by atoms with van der Waals surface area (Å²) in [4.78, 5) is 12.4. The van der Waals surface area contributed by atoms with Crippen LogP contribution in [-0.2, 0) is 19.6 Å². The summed E-state index contributed by atoms with van der Waals surface area (Å²) in [5, 5.41) is 11.6. The molecule has 0 aliphatic rings. The first-order valence-electron chi connectivity index (χ1n) is 8.44. The third-order valence-electron chi connectivity index (χ3n) is 4.09. The highest BCUT2D eigenvalue weighted by Crippen LogP contribution is 2.10. The van der Waals surface area contributed by atoms with Gasteiger partial charge >= 0.3 is 0 Å². The van der Waals surface area contributed by atoms with E-state index in [1.54, 1.807) is 6.20 Å². The van der Waals surface area contributed by atoms with E-state index in [-0.39, 0.29) is 5.91 Å². The minimum Gasteiger partial charge on any atom is -0.348 e. The molecule has 0 saturated carbocycles. The molecule has 0 aliphatic carbocycles. The fourth-order valence-electron chi connectivity index (χ4n) is 2.77. The van der Waals surface area contributed by atoms with Gasteiger partial charge in [-0.25, -0.2) is 0 Å². The predicted molar refractivity (Wildman–Crippen MR) is 96.3 cm³/mol. The summed E-state index contributed by atoms with van der Waals surface area (Å²) in [6.45, 7) is 8.00. The maximum Gasteiger partial charge on any atom is 0.251 e. The zero-order chi connectivity index (χ0) is 17.8. The number of aryl methyl sites for hydroxylation is 3. The van der Waals surface area contributed by atoms with E-state index in [4.69, 9.17) is 0 Å². The molecule has 0 radical (unpaired) electrons. The second-order valence-corrected chi connectivity index (χ2v) is 6.17. The van der Waals surface area contributed by atoms with Crippen molar-refractivity contribution in [3.05, 3.63) is 70.8 Å². The molecule has 0 atom stereocenters. The Morgan fingerprint density at radius 3 is 2.72 bits per heavy atom. The van der Waals surface area contributed by atoms with Crippen molar-refractivity contribution in [3.63, 3.8) is 0 Å². The monoisotopic (exact) mass is 337 g/mol. The van der Waals surface area contributed by atoms with Crippen LogP contribution in [0, 0.1) is 13.8 Å². The lowest BCUT2D eigenvalue weighted by atomic mass is 10.1. The van der Waals surface area contributed by atoms with Crippen LogP contribution in [0.4, 0.5) is 0 Å². The number of hydrogen-bond donors (Lipinski definition) is 1. The van der Waals surface area contributed by atoms with Crippen molar-refractivity contribution in [2.75, 3.05) is 0 Å². The number of amides is 1. The van der Waals surface area contributed by atoms with E-state index in [0.717, 1.165) is 29.1 Å². The zero-order valence-corrected chi connectivity index (χ0v) is 14.9. The van der Waals surface area contributed by atoms with Crippen LogP contribution in [0.15, 0.2) is 42.7 Å². The van der Waals surface area contributed by atoms with Gasteiger partial charge in [0.15, 0.2) is 0 Å². The van der Waals surface area contributed by atoms with Crippen molar-refractivity contribution in [1.29, 1.82) is 0 Å². The van der Waals surface area contributed by atoms with Crippen LogP contribution in [-0.4, -0.2) is 25.5 Å². The van der Waals surface area contributed by atoms with Crippen LogP contribution in [0.2, 0.25) is 0 Å². The molecule has 1 amide bonds. The van der Waals surface area contributed by atoms with E-state index in [0.29, 0.717) is 18.7 Å². The Morgan fingerprint density at radius 2 is 2.04 bits per heavy atom. The Hall–Kier alpha value is -2.89. The van der Waals surface area contributed by atoms with Crippen LogP contribution in [0.25, 0.3) is 0 Å². The number of aromatic nitrogens is 4. The summed E-state index contributed by atoms with van der Waals surface area (Å²) in [7, 11) is 0. The molecule has 25 heavy (non-hydrogen) atoms. The molecule has 0 spiro atoms. The second-order valence-electron chi connectivity index (χ2n) is 6.17. The van der Waals surface area contributed by atoms with Gasteiger partial charge in [-0.1, -0.05) is 12.1 Å². The molecule has 0 saturated heterocycles. The smallest absolute Gasteiger partial charge is 0.251 e. The van der Waals surface area contributed by atoms with Gasteiger partial charge in [-0.15, -0.1) is 0 Å². The van der Waals surface area contributed by atoms with Crippen LogP contribution in [0.1, 0.15) is 39.8 Å². The largest absolute Gasteiger partial charge is 0.348 e. The molecule has 1 N–H and O–H groups in total. The van der Waals surface area contributed by atoms with E-state index < -0.39 is 0 Å². The molecule has 0 aliphatic heterocycles. The van der Waals surface area contributed by atoms with Crippen molar-refractivity contribution in [2.24, 2.45) is 0 Å². The Kier molecular flexibility index (Phi) is 4.97. The van der Waals surface area contributed by atoms with Crippen LogP contribution < -0.4 is 5.32 Å². The van der Waals surface area contributed by atoms with Crippen molar-refractivity contribution in [1.82, 2.24) is 24.9 Å². The molecule has 130 valence electrons. The molecule has 6 nitrogen and oxygen atoms in total. The van der Waals surface area contributed by atoms with Gasteiger partial charge in [0.1, 0.15) is 0 Å². The number of rotatable bonds is 6. The first-order valence-corrected chi connectivity index (χ1v) is 8.44. The number of nitrogens with zero attached hydrogens (tertiary/aromatic N) is 4. The Labute approximate surface area is 147 Å². The predicted octanol–water partition coefficient (Wildman–Crippen LogP) is 2.69. The molecule has 2 heterocycles. The summed E-state index contributed by atoms with van der Waals surface area (Å²) in [5.74, 6) is -0.0838. The number of carbonyl (C=O) groups excluding carboxylic acids is 1. The molecule has 3 aromatic rings. The average molecular weight is 337 g/mol. The van der Waals surface area contributed by atoms with Crippen LogP contribution >= 0.6 is 0 Å². The van der Waals surface area contributed by atoms with Gasteiger partial charge in [-0.05, 0) is 44.5 Å². The van der Waals surface area contributed by atoms with Gasteiger partial charge in [0.2, 0.25) is 0 Å². The van der Waals surface area contributed by atoms with Gasteiger partial charge < -0.3 is 5.32 Å². The quantitative estimate of drug-likeness (QED) is 0.752. The first kappa shape index (κ1) is 17.0. The lowest BCUT2D eigenvalue weighted by Gasteiger charge is -2.08. The number of hydrogen-bond acceptors (Lipinski definition) is 3. The molecule has 0 fully saturated rings. The van der Waals surface area contributed by atoms with Crippen molar-refractivity contribution in [3.8, 4) is 0 Å². The molecular formula is C19H23N5O. The maximum atomic E-state index is 12.4. The first-order chi connectivity index (χ1) is 12.0. The fraction of sp³-hybridized carbons (Fsp3) is 0.316. The molecule has 3 rings (SSSR count). The molecular weight excluding hydrogens is 314 g/mol. The van der Waals surface area contributed by atoms with Gasteiger partial charge in [-0.2, -0.15) is 10.2 Å². The number of benzene rings is 1. The van der Waals surface area contributed by atoms with E-state index in [1.165, 1.54) is 0 Å². The topological polar surface area (TPSA) is 64.7 Å². The summed E-state index contributed by atoms with van der Waals surface area (Å²) in [6, 6.07) is 9.72. The van der Waals surface area contributed by atoms with Gasteiger partial charge in [0.05, 0.1) is 18.4 Å². The SMILES string of the molecule is CCn1cc(CNC(=O)c2cccc(Cn3nc(C)cc3C)c2)cn1. The van der Waals surface area contributed by atoms with E-state index in [9.17, 15) is 4.79 Å². The van der Waals surface area contributed by atoms with Gasteiger partial charge in [0.25, 0.3) is 5.91 Å². The van der Waals surface area contributed by atoms with Crippen molar-refractivity contribution >= 4 is 5.91 Å². The third kappa shape index (κ3) is 4.15. The summed E-state index contributed by atoms with van der Waals surface area (Å²) < 4.78 is 3.79.